The van der Waals surface area contributed by atoms with Gasteiger partial charge < -0.3 is 9.84 Å². The van der Waals surface area contributed by atoms with E-state index >= 15 is 0 Å². The zero-order chi connectivity index (χ0) is 25.3. The molecule has 4 heterocycles. The number of hydrogen-bond donors (Lipinski definition) is 1. The first-order chi connectivity index (χ1) is 16.5. The summed E-state index contributed by atoms with van der Waals surface area (Å²) in [5.74, 6) is 0.0155. The highest BCUT2D eigenvalue weighted by Crippen LogP contribution is 2.28. The van der Waals surface area contributed by atoms with Gasteiger partial charge in [-0.15, -0.1) is 0 Å². The normalized spacial score (nSPS) is 16.0. The summed E-state index contributed by atoms with van der Waals surface area (Å²) >= 11 is 3.37. The molecule has 4 rings (SSSR count). The lowest BCUT2D eigenvalue weighted by Crippen LogP contribution is -2.29. The highest BCUT2D eigenvalue weighted by Gasteiger charge is 2.24. The number of aliphatic hydroxyl groups is 1. The van der Waals surface area contributed by atoms with E-state index in [1.807, 2.05) is 19.9 Å². The van der Waals surface area contributed by atoms with E-state index in [-0.39, 0.29) is 28.4 Å². The molecule has 0 aliphatic carbocycles. The number of pyridine rings is 2. The van der Waals surface area contributed by atoms with Crippen molar-refractivity contribution in [1.82, 2.24) is 19.5 Å². The van der Waals surface area contributed by atoms with E-state index in [0.717, 1.165) is 5.70 Å². The molecule has 0 bridgehead atoms. The van der Waals surface area contributed by atoms with Gasteiger partial charge >= 0.3 is 0 Å². The summed E-state index contributed by atoms with van der Waals surface area (Å²) in [5.41, 5.74) is 1.53. The van der Waals surface area contributed by atoms with Crippen molar-refractivity contribution in [2.75, 3.05) is 6.54 Å². The van der Waals surface area contributed by atoms with Crippen molar-refractivity contribution in [3.05, 3.63) is 86.3 Å². The van der Waals surface area contributed by atoms with Gasteiger partial charge in [-0.3, -0.25) is 14.4 Å². The third-order valence-electron chi connectivity index (χ3n) is 5.50. The highest BCUT2D eigenvalue weighted by atomic mass is 79.9. The molecule has 0 aromatic carbocycles. The quantitative estimate of drug-likeness (QED) is 0.472. The number of aryl methyl sites for hydroxylation is 1. The highest BCUT2D eigenvalue weighted by molar-refractivity contribution is 9.10. The molecule has 0 spiro atoms. The standard InChI is InChI=1S/C25H25BrFN5O3/c1-14-12-29-18(17-8-9-28-24(31-17)25(3,4)34)11-19(14)32-15(2)10-20(22(26)23(32)33)35-13-16-6-5-7-21(27)30-16/h5-11,14,34H,12-13H2,1-4H3/t14-/m1/s1. The Morgan fingerprint density at radius 3 is 2.77 bits per heavy atom. The molecule has 1 aliphatic rings. The molecule has 0 saturated heterocycles. The number of dihydropyridines is 1. The minimum atomic E-state index is -1.19. The molecular weight excluding hydrogens is 517 g/mol. The maximum absolute atomic E-state index is 13.4. The Morgan fingerprint density at radius 1 is 1.29 bits per heavy atom. The molecule has 3 aromatic heterocycles. The first-order valence-corrected chi connectivity index (χ1v) is 11.8. The molecule has 1 N–H and O–H groups in total. The van der Waals surface area contributed by atoms with Crippen molar-refractivity contribution in [3.8, 4) is 5.75 Å². The van der Waals surface area contributed by atoms with Crippen molar-refractivity contribution in [2.45, 2.75) is 39.9 Å². The molecule has 0 fully saturated rings. The molecular formula is C25H25BrFN5O3. The van der Waals surface area contributed by atoms with Gasteiger partial charge in [-0.25, -0.2) is 15.0 Å². The van der Waals surface area contributed by atoms with Crippen LogP contribution in [-0.2, 0) is 12.2 Å². The minimum Gasteiger partial charge on any atom is -0.486 e. The molecule has 182 valence electrons. The van der Waals surface area contributed by atoms with Crippen LogP contribution in [0.5, 0.6) is 5.75 Å². The zero-order valence-corrected chi connectivity index (χ0v) is 21.4. The second-order valence-electron chi connectivity index (χ2n) is 8.87. The van der Waals surface area contributed by atoms with E-state index in [9.17, 15) is 14.3 Å². The van der Waals surface area contributed by atoms with Crippen LogP contribution >= 0.6 is 15.9 Å². The average molecular weight is 542 g/mol. The molecule has 0 radical (unpaired) electrons. The largest absolute Gasteiger partial charge is 0.486 e. The van der Waals surface area contributed by atoms with Crippen LogP contribution in [0.25, 0.3) is 5.70 Å². The molecule has 8 nitrogen and oxygen atoms in total. The fourth-order valence-electron chi connectivity index (χ4n) is 3.68. The first-order valence-electron chi connectivity index (χ1n) is 11.0. The summed E-state index contributed by atoms with van der Waals surface area (Å²) in [4.78, 5) is 30.4. The first kappa shape index (κ1) is 24.9. The van der Waals surface area contributed by atoms with Gasteiger partial charge in [0, 0.05) is 36.1 Å². The van der Waals surface area contributed by atoms with Crippen molar-refractivity contribution in [2.24, 2.45) is 10.9 Å². The van der Waals surface area contributed by atoms with Gasteiger partial charge in [-0.05, 0) is 61.0 Å². The lowest BCUT2D eigenvalue weighted by atomic mass is 10.0. The fourth-order valence-corrected chi connectivity index (χ4v) is 4.09. The number of hydrogen-bond acceptors (Lipinski definition) is 7. The van der Waals surface area contributed by atoms with E-state index in [4.69, 9.17) is 4.74 Å². The van der Waals surface area contributed by atoms with E-state index < -0.39 is 11.5 Å². The minimum absolute atomic E-state index is 0.0202. The number of rotatable bonds is 6. The molecule has 1 atom stereocenters. The van der Waals surface area contributed by atoms with Crippen molar-refractivity contribution in [1.29, 1.82) is 0 Å². The third-order valence-corrected chi connectivity index (χ3v) is 6.23. The van der Waals surface area contributed by atoms with Crippen LogP contribution in [0.3, 0.4) is 0 Å². The monoisotopic (exact) mass is 541 g/mol. The van der Waals surface area contributed by atoms with Crippen LogP contribution in [0.4, 0.5) is 4.39 Å². The lowest BCUT2D eigenvalue weighted by molar-refractivity contribution is 0.0686. The molecule has 35 heavy (non-hydrogen) atoms. The Labute approximate surface area is 210 Å². The van der Waals surface area contributed by atoms with Crippen molar-refractivity contribution < 1.29 is 14.2 Å². The van der Waals surface area contributed by atoms with Crippen molar-refractivity contribution in [3.63, 3.8) is 0 Å². The molecule has 3 aromatic rings. The fraction of sp³-hybridized carbons (Fsp3) is 0.320. The van der Waals surface area contributed by atoms with Crippen LogP contribution in [-0.4, -0.2) is 36.9 Å². The van der Waals surface area contributed by atoms with E-state index in [0.29, 0.717) is 35.1 Å². The number of nitrogens with zero attached hydrogens (tertiary/aromatic N) is 5. The van der Waals surface area contributed by atoms with E-state index in [1.54, 1.807) is 48.9 Å². The van der Waals surface area contributed by atoms with E-state index in [1.165, 1.54) is 6.07 Å². The smallest absolute Gasteiger partial charge is 0.273 e. The SMILES string of the molecule is Cc1cc(OCc2cccc(F)n2)c(Br)c(=O)n1C1=CC(c2ccnc(C(C)(C)O)n2)=NC[C@H]1C. The van der Waals surface area contributed by atoms with Crippen LogP contribution in [0.15, 0.2) is 56.9 Å². The molecule has 0 unspecified atom stereocenters. The second-order valence-corrected chi connectivity index (χ2v) is 9.66. The van der Waals surface area contributed by atoms with Gasteiger partial charge in [-0.1, -0.05) is 13.0 Å². The zero-order valence-electron chi connectivity index (χ0n) is 19.8. The van der Waals surface area contributed by atoms with Crippen LogP contribution in [0.2, 0.25) is 0 Å². The van der Waals surface area contributed by atoms with Gasteiger partial charge in [0.15, 0.2) is 5.82 Å². The molecule has 1 aliphatic heterocycles. The summed E-state index contributed by atoms with van der Waals surface area (Å²) in [6, 6.07) is 7.94. The number of halogens is 2. The Hall–Kier alpha value is -3.24. The Kier molecular flexibility index (Phi) is 6.95. The maximum atomic E-state index is 13.4. The van der Waals surface area contributed by atoms with Gasteiger partial charge in [0.2, 0.25) is 5.95 Å². The predicted molar refractivity (Wildman–Crippen MR) is 134 cm³/mol. The van der Waals surface area contributed by atoms with Crippen molar-refractivity contribution >= 4 is 27.3 Å². The summed E-state index contributed by atoms with van der Waals surface area (Å²) < 4.78 is 21.0. The lowest BCUT2D eigenvalue weighted by Gasteiger charge is -2.24. The van der Waals surface area contributed by atoms with Gasteiger partial charge in [-0.2, -0.15) is 4.39 Å². The topological polar surface area (TPSA) is 102 Å². The van der Waals surface area contributed by atoms with Crippen LogP contribution in [0, 0.1) is 18.8 Å². The molecule has 0 amide bonds. The summed E-state index contributed by atoms with van der Waals surface area (Å²) in [6.45, 7) is 7.53. The van der Waals surface area contributed by atoms with Crippen LogP contribution < -0.4 is 10.3 Å². The number of ether oxygens (including phenoxy) is 1. The third kappa shape index (κ3) is 5.38. The molecule has 0 saturated carbocycles. The van der Waals surface area contributed by atoms with E-state index in [2.05, 4.69) is 35.9 Å². The Bertz CT molecular complexity index is 1390. The summed E-state index contributed by atoms with van der Waals surface area (Å²) in [7, 11) is 0. The Morgan fingerprint density at radius 2 is 2.06 bits per heavy atom. The Balaban J connectivity index is 1.68. The van der Waals surface area contributed by atoms with Gasteiger partial charge in [0.25, 0.3) is 5.56 Å². The number of aromatic nitrogens is 4. The second kappa shape index (κ2) is 9.79. The number of aliphatic imine (C=N–C) groups is 1. The summed E-state index contributed by atoms with van der Waals surface area (Å²) in [6.07, 6.45) is 3.42. The van der Waals surface area contributed by atoms with Crippen LogP contribution in [0.1, 0.15) is 43.7 Å². The van der Waals surface area contributed by atoms with Gasteiger partial charge in [0.1, 0.15) is 22.4 Å². The predicted octanol–water partition coefficient (Wildman–Crippen LogP) is 4.03. The average Bonchev–Trinajstić information content (AvgIpc) is 2.81. The molecule has 10 heteroatoms. The maximum Gasteiger partial charge on any atom is 0.273 e. The summed E-state index contributed by atoms with van der Waals surface area (Å²) in [5, 5.41) is 10.3. The number of allylic oxidation sites excluding steroid dienone is 1. The van der Waals surface area contributed by atoms with Gasteiger partial charge in [0.05, 0.1) is 17.1 Å².